The molecule has 0 heterocycles. The maximum absolute atomic E-state index is 10.9. The highest BCUT2D eigenvalue weighted by Crippen LogP contribution is 2.26. The Morgan fingerprint density at radius 3 is 2.50 bits per heavy atom. The van der Waals surface area contributed by atoms with Crippen LogP contribution in [0.25, 0.3) is 0 Å². The van der Waals surface area contributed by atoms with Gasteiger partial charge in [0.05, 0.1) is 5.71 Å². The Kier molecular flexibility index (Phi) is 3.50. The Hall–Kier alpha value is -2.04. The van der Waals surface area contributed by atoms with Crippen LogP contribution in [0.2, 0.25) is 0 Å². The SMILES string of the molecule is CC(=O)Nc1cc(/C(C)=N/O)c(O)cc1C. The van der Waals surface area contributed by atoms with Gasteiger partial charge in [-0.3, -0.25) is 4.79 Å². The number of nitrogens with zero attached hydrogens (tertiary/aromatic N) is 1. The normalized spacial score (nSPS) is 11.3. The number of hydrogen-bond acceptors (Lipinski definition) is 4. The van der Waals surface area contributed by atoms with Gasteiger partial charge in [0.1, 0.15) is 5.75 Å². The molecule has 5 heteroatoms. The lowest BCUT2D eigenvalue weighted by atomic mass is 10.1. The molecule has 1 aromatic rings. The summed E-state index contributed by atoms with van der Waals surface area (Å²) in [5, 5.41) is 23.9. The fraction of sp³-hybridized carbons (Fsp3) is 0.273. The second kappa shape index (κ2) is 4.65. The average Bonchev–Trinajstić information content (AvgIpc) is 2.20. The van der Waals surface area contributed by atoms with E-state index in [9.17, 15) is 9.90 Å². The summed E-state index contributed by atoms with van der Waals surface area (Å²) in [4.78, 5) is 10.9. The highest BCUT2D eigenvalue weighted by Gasteiger charge is 2.10. The fourth-order valence-electron chi connectivity index (χ4n) is 1.36. The first-order valence-corrected chi connectivity index (χ1v) is 4.76. The van der Waals surface area contributed by atoms with Crippen molar-refractivity contribution >= 4 is 17.3 Å². The van der Waals surface area contributed by atoms with Crippen LogP contribution in [0.5, 0.6) is 5.75 Å². The van der Waals surface area contributed by atoms with Crippen LogP contribution in [0.3, 0.4) is 0 Å². The first-order valence-electron chi connectivity index (χ1n) is 4.76. The van der Waals surface area contributed by atoms with Crippen molar-refractivity contribution in [1.29, 1.82) is 0 Å². The molecule has 0 unspecified atom stereocenters. The van der Waals surface area contributed by atoms with Crippen molar-refractivity contribution in [3.05, 3.63) is 23.3 Å². The standard InChI is InChI=1S/C11H14N2O3/c1-6-4-11(15)9(7(2)13-16)5-10(6)12-8(3)14/h4-5,15-16H,1-3H3,(H,12,14)/b13-7+. The minimum absolute atomic E-state index is 0.0157. The second-order valence-corrected chi connectivity index (χ2v) is 3.55. The third kappa shape index (κ3) is 2.50. The van der Waals surface area contributed by atoms with E-state index in [4.69, 9.17) is 5.21 Å². The molecule has 0 radical (unpaired) electrons. The number of benzene rings is 1. The molecule has 0 aliphatic heterocycles. The van der Waals surface area contributed by atoms with E-state index < -0.39 is 0 Å². The van der Waals surface area contributed by atoms with Crippen molar-refractivity contribution in [1.82, 2.24) is 0 Å². The Labute approximate surface area is 93.4 Å². The van der Waals surface area contributed by atoms with Gasteiger partial charge in [-0.25, -0.2) is 0 Å². The summed E-state index contributed by atoms with van der Waals surface area (Å²) in [7, 11) is 0. The molecule has 5 nitrogen and oxygen atoms in total. The molecule has 1 rings (SSSR count). The smallest absolute Gasteiger partial charge is 0.221 e. The zero-order valence-corrected chi connectivity index (χ0v) is 9.40. The Morgan fingerprint density at radius 2 is 2.00 bits per heavy atom. The van der Waals surface area contributed by atoms with Crippen LogP contribution in [0.1, 0.15) is 25.0 Å². The molecule has 0 atom stereocenters. The lowest BCUT2D eigenvalue weighted by molar-refractivity contribution is -0.114. The second-order valence-electron chi connectivity index (χ2n) is 3.55. The van der Waals surface area contributed by atoms with Crippen LogP contribution in [0, 0.1) is 6.92 Å². The van der Waals surface area contributed by atoms with E-state index in [0.29, 0.717) is 11.3 Å². The Balaban J connectivity index is 3.26. The van der Waals surface area contributed by atoms with Gasteiger partial charge in [0.25, 0.3) is 0 Å². The van der Waals surface area contributed by atoms with E-state index in [0.717, 1.165) is 5.56 Å². The third-order valence-electron chi connectivity index (χ3n) is 2.19. The molecular weight excluding hydrogens is 208 g/mol. The summed E-state index contributed by atoms with van der Waals surface area (Å²) in [6.45, 7) is 4.72. The number of amides is 1. The van der Waals surface area contributed by atoms with Gasteiger partial charge in [-0.2, -0.15) is 0 Å². The first kappa shape index (κ1) is 12.0. The van der Waals surface area contributed by atoms with Crippen LogP contribution < -0.4 is 5.32 Å². The van der Waals surface area contributed by atoms with Crippen molar-refractivity contribution in [2.75, 3.05) is 5.32 Å². The summed E-state index contributed by atoms with van der Waals surface area (Å²) in [6, 6.07) is 3.08. The number of aromatic hydroxyl groups is 1. The van der Waals surface area contributed by atoms with Crippen molar-refractivity contribution in [3.63, 3.8) is 0 Å². The summed E-state index contributed by atoms with van der Waals surface area (Å²) < 4.78 is 0. The molecule has 1 amide bonds. The molecule has 86 valence electrons. The Morgan fingerprint density at radius 1 is 1.38 bits per heavy atom. The van der Waals surface area contributed by atoms with Crippen molar-refractivity contribution < 1.29 is 15.1 Å². The minimum atomic E-state index is -0.196. The monoisotopic (exact) mass is 222 g/mol. The van der Waals surface area contributed by atoms with E-state index in [1.54, 1.807) is 19.9 Å². The van der Waals surface area contributed by atoms with E-state index in [2.05, 4.69) is 10.5 Å². The third-order valence-corrected chi connectivity index (χ3v) is 2.19. The van der Waals surface area contributed by atoms with Crippen LogP contribution in [0.4, 0.5) is 5.69 Å². The molecule has 0 saturated heterocycles. The van der Waals surface area contributed by atoms with Crippen LogP contribution in [-0.4, -0.2) is 21.9 Å². The van der Waals surface area contributed by atoms with Gasteiger partial charge in [-0.1, -0.05) is 5.16 Å². The molecule has 0 spiro atoms. The number of nitrogens with one attached hydrogen (secondary N) is 1. The number of carbonyl (C=O) groups excluding carboxylic acids is 1. The molecule has 0 bridgehead atoms. The summed E-state index contributed by atoms with van der Waals surface area (Å²) in [6.07, 6.45) is 0. The van der Waals surface area contributed by atoms with Crippen LogP contribution in [0.15, 0.2) is 17.3 Å². The number of phenolic OH excluding ortho intramolecular Hbond substituents is 1. The number of hydrogen-bond donors (Lipinski definition) is 3. The van der Waals surface area contributed by atoms with Crippen molar-refractivity contribution in [2.24, 2.45) is 5.16 Å². The molecule has 0 aliphatic rings. The van der Waals surface area contributed by atoms with Gasteiger partial charge in [0.2, 0.25) is 5.91 Å². The van der Waals surface area contributed by atoms with Gasteiger partial charge in [-0.15, -0.1) is 0 Å². The quantitative estimate of drug-likeness (QED) is 0.309. The molecule has 0 fully saturated rings. The number of phenols is 1. The molecule has 0 aromatic heterocycles. The van der Waals surface area contributed by atoms with E-state index >= 15 is 0 Å². The van der Waals surface area contributed by atoms with E-state index in [1.165, 1.54) is 13.0 Å². The van der Waals surface area contributed by atoms with Gasteiger partial charge in [-0.05, 0) is 31.5 Å². The maximum Gasteiger partial charge on any atom is 0.221 e. The van der Waals surface area contributed by atoms with Gasteiger partial charge >= 0.3 is 0 Å². The number of oxime groups is 1. The van der Waals surface area contributed by atoms with Gasteiger partial charge in [0.15, 0.2) is 0 Å². The largest absolute Gasteiger partial charge is 0.507 e. The number of rotatable bonds is 2. The zero-order chi connectivity index (χ0) is 12.3. The maximum atomic E-state index is 10.9. The summed E-state index contributed by atoms with van der Waals surface area (Å²) in [5.41, 5.74) is 1.99. The molecule has 3 N–H and O–H groups in total. The highest BCUT2D eigenvalue weighted by molar-refractivity contribution is 6.02. The van der Waals surface area contributed by atoms with Gasteiger partial charge in [0, 0.05) is 18.2 Å². The number of anilines is 1. The Bertz CT molecular complexity index is 453. The van der Waals surface area contributed by atoms with Crippen LogP contribution >= 0.6 is 0 Å². The molecule has 1 aromatic carbocycles. The molecule has 0 aliphatic carbocycles. The summed E-state index contributed by atoms with van der Waals surface area (Å²) >= 11 is 0. The molecule has 16 heavy (non-hydrogen) atoms. The highest BCUT2D eigenvalue weighted by atomic mass is 16.4. The predicted octanol–water partition coefficient (Wildman–Crippen LogP) is 1.86. The molecule has 0 saturated carbocycles. The fourth-order valence-corrected chi connectivity index (χ4v) is 1.36. The zero-order valence-electron chi connectivity index (χ0n) is 9.40. The topological polar surface area (TPSA) is 81.9 Å². The average molecular weight is 222 g/mol. The minimum Gasteiger partial charge on any atom is -0.507 e. The number of aryl methyl sites for hydroxylation is 1. The van der Waals surface area contributed by atoms with E-state index in [-0.39, 0.29) is 17.4 Å². The first-order chi connectivity index (χ1) is 7.45. The van der Waals surface area contributed by atoms with Crippen molar-refractivity contribution in [2.45, 2.75) is 20.8 Å². The lowest BCUT2D eigenvalue weighted by Gasteiger charge is -2.10. The lowest BCUT2D eigenvalue weighted by Crippen LogP contribution is -2.08. The van der Waals surface area contributed by atoms with E-state index in [1.807, 2.05) is 0 Å². The molecular formula is C11H14N2O3. The number of carbonyl (C=O) groups is 1. The van der Waals surface area contributed by atoms with Crippen molar-refractivity contribution in [3.8, 4) is 5.75 Å². The summed E-state index contributed by atoms with van der Waals surface area (Å²) in [5.74, 6) is -0.180. The van der Waals surface area contributed by atoms with Gasteiger partial charge < -0.3 is 15.6 Å². The van der Waals surface area contributed by atoms with Crippen LogP contribution in [-0.2, 0) is 4.79 Å². The predicted molar refractivity (Wildman–Crippen MR) is 61.1 cm³/mol.